The zero-order valence-corrected chi connectivity index (χ0v) is 12.7. The highest BCUT2D eigenvalue weighted by Gasteiger charge is 2.29. The summed E-state index contributed by atoms with van der Waals surface area (Å²) < 4.78 is 2.33. The van der Waals surface area contributed by atoms with E-state index in [1.807, 2.05) is 12.3 Å². The number of para-hydroxylation sites is 1. The highest BCUT2D eigenvalue weighted by Crippen LogP contribution is 2.43. The Hall–Kier alpha value is -2.61. The van der Waals surface area contributed by atoms with E-state index in [1.165, 1.54) is 32.9 Å². The van der Waals surface area contributed by atoms with Gasteiger partial charge in [0.2, 0.25) is 0 Å². The highest BCUT2D eigenvalue weighted by atomic mass is 15.0. The molecule has 0 fully saturated rings. The van der Waals surface area contributed by atoms with Crippen LogP contribution in [-0.2, 0) is 5.41 Å². The summed E-state index contributed by atoms with van der Waals surface area (Å²) in [7, 11) is 0. The SMILES string of the molecule is CC1(C)C=Cc2cc3cccnc3n3c2c1c1ccccc13. The van der Waals surface area contributed by atoms with Gasteiger partial charge in [0.15, 0.2) is 0 Å². The van der Waals surface area contributed by atoms with E-state index >= 15 is 0 Å². The fourth-order valence-electron chi connectivity index (χ4n) is 3.84. The number of rotatable bonds is 0. The lowest BCUT2D eigenvalue weighted by Crippen LogP contribution is -2.16. The Morgan fingerprint density at radius 3 is 2.82 bits per heavy atom. The van der Waals surface area contributed by atoms with E-state index in [-0.39, 0.29) is 5.41 Å². The summed E-state index contributed by atoms with van der Waals surface area (Å²) >= 11 is 0. The minimum atomic E-state index is 0.0316. The summed E-state index contributed by atoms with van der Waals surface area (Å²) in [6.45, 7) is 4.58. The Morgan fingerprint density at radius 2 is 1.91 bits per heavy atom. The van der Waals surface area contributed by atoms with Crippen molar-refractivity contribution in [2.45, 2.75) is 19.3 Å². The van der Waals surface area contributed by atoms with E-state index in [1.54, 1.807) is 0 Å². The van der Waals surface area contributed by atoms with Crippen molar-refractivity contribution in [1.82, 2.24) is 9.38 Å². The number of pyridine rings is 2. The molecule has 2 heteroatoms. The molecule has 0 amide bonds. The van der Waals surface area contributed by atoms with E-state index in [0.717, 1.165) is 5.65 Å². The Balaban J connectivity index is 2.20. The number of aromatic nitrogens is 2. The van der Waals surface area contributed by atoms with E-state index < -0.39 is 0 Å². The molecule has 22 heavy (non-hydrogen) atoms. The Morgan fingerprint density at radius 1 is 1.05 bits per heavy atom. The molecule has 0 N–H and O–H groups in total. The van der Waals surface area contributed by atoms with Gasteiger partial charge in [0.05, 0.1) is 11.0 Å². The first-order valence-corrected chi connectivity index (χ1v) is 7.67. The third-order valence-corrected chi connectivity index (χ3v) is 4.81. The third-order valence-electron chi connectivity index (χ3n) is 4.81. The molecule has 1 aliphatic carbocycles. The standard InChI is InChI=1S/C20H16N2/c1-20(2)10-9-13-12-14-6-5-11-21-19(14)22-16-8-4-3-7-15(16)17(20)18(13)22/h3-12H,1-2H3. The van der Waals surface area contributed by atoms with Gasteiger partial charge in [0.1, 0.15) is 5.65 Å². The maximum atomic E-state index is 4.66. The van der Waals surface area contributed by atoms with Crippen molar-refractivity contribution in [3.8, 4) is 0 Å². The van der Waals surface area contributed by atoms with Gasteiger partial charge in [-0.15, -0.1) is 0 Å². The fourth-order valence-corrected chi connectivity index (χ4v) is 3.84. The lowest BCUT2D eigenvalue weighted by molar-refractivity contribution is 0.682. The molecule has 4 aromatic rings. The normalized spacial score (nSPS) is 15.9. The number of allylic oxidation sites excluding steroid dienone is 1. The molecule has 3 heterocycles. The fraction of sp³-hybridized carbons (Fsp3) is 0.150. The van der Waals surface area contributed by atoms with Crippen LogP contribution in [0.3, 0.4) is 0 Å². The van der Waals surface area contributed by atoms with Gasteiger partial charge in [-0.05, 0) is 35.4 Å². The van der Waals surface area contributed by atoms with Crippen LogP contribution in [0.4, 0.5) is 0 Å². The Kier molecular flexibility index (Phi) is 2.06. The zero-order chi connectivity index (χ0) is 14.9. The van der Waals surface area contributed by atoms with Crippen molar-refractivity contribution in [2.75, 3.05) is 0 Å². The van der Waals surface area contributed by atoms with Gasteiger partial charge >= 0.3 is 0 Å². The summed E-state index contributed by atoms with van der Waals surface area (Å²) in [5, 5.41) is 2.51. The van der Waals surface area contributed by atoms with Crippen LogP contribution < -0.4 is 0 Å². The molecule has 0 saturated heterocycles. The minimum absolute atomic E-state index is 0.0316. The van der Waals surface area contributed by atoms with E-state index in [0.29, 0.717) is 0 Å². The second kappa shape index (κ2) is 3.77. The topological polar surface area (TPSA) is 17.3 Å². The van der Waals surface area contributed by atoms with Crippen LogP contribution in [0.1, 0.15) is 25.0 Å². The van der Waals surface area contributed by atoms with Crippen LogP contribution >= 0.6 is 0 Å². The largest absolute Gasteiger partial charge is 0.293 e. The van der Waals surface area contributed by atoms with Crippen LogP contribution in [0.25, 0.3) is 33.5 Å². The molecular weight excluding hydrogens is 268 g/mol. The van der Waals surface area contributed by atoms with Gasteiger partial charge in [-0.2, -0.15) is 0 Å². The molecule has 0 atom stereocenters. The molecule has 1 aliphatic rings. The van der Waals surface area contributed by atoms with Crippen molar-refractivity contribution in [2.24, 2.45) is 0 Å². The summed E-state index contributed by atoms with van der Waals surface area (Å²) in [4.78, 5) is 4.66. The van der Waals surface area contributed by atoms with Crippen molar-refractivity contribution >= 4 is 33.5 Å². The quantitative estimate of drug-likeness (QED) is 0.447. The molecule has 0 aliphatic heterocycles. The van der Waals surface area contributed by atoms with E-state index in [4.69, 9.17) is 0 Å². The maximum absolute atomic E-state index is 4.66. The first-order chi connectivity index (χ1) is 10.7. The summed E-state index contributed by atoms with van der Waals surface area (Å²) in [6.07, 6.45) is 6.45. The predicted octanol–water partition coefficient (Wildman–Crippen LogP) is 4.95. The molecule has 0 bridgehead atoms. The van der Waals surface area contributed by atoms with Gasteiger partial charge in [0, 0.05) is 22.4 Å². The van der Waals surface area contributed by atoms with Crippen molar-refractivity contribution in [3.05, 3.63) is 65.9 Å². The average Bonchev–Trinajstić information content (AvgIpc) is 2.89. The smallest absolute Gasteiger partial charge is 0.144 e. The van der Waals surface area contributed by atoms with Crippen LogP contribution in [0.15, 0.2) is 54.7 Å². The van der Waals surface area contributed by atoms with Crippen molar-refractivity contribution < 1.29 is 0 Å². The lowest BCUT2D eigenvalue weighted by atomic mass is 9.79. The average molecular weight is 284 g/mol. The molecule has 0 spiro atoms. The minimum Gasteiger partial charge on any atom is -0.293 e. The molecule has 2 nitrogen and oxygen atoms in total. The number of hydrogen-bond donors (Lipinski definition) is 0. The van der Waals surface area contributed by atoms with Crippen LogP contribution in [0.2, 0.25) is 0 Å². The van der Waals surface area contributed by atoms with Crippen molar-refractivity contribution in [1.29, 1.82) is 0 Å². The second-order valence-electron chi connectivity index (χ2n) is 6.65. The maximum Gasteiger partial charge on any atom is 0.144 e. The summed E-state index contributed by atoms with van der Waals surface area (Å²) in [5.74, 6) is 0. The number of nitrogens with zero attached hydrogens (tertiary/aromatic N) is 2. The Labute approximate surface area is 128 Å². The molecule has 0 unspecified atom stereocenters. The predicted molar refractivity (Wildman–Crippen MR) is 92.3 cm³/mol. The zero-order valence-electron chi connectivity index (χ0n) is 12.7. The van der Waals surface area contributed by atoms with Gasteiger partial charge in [-0.3, -0.25) is 4.40 Å². The Bertz CT molecular complexity index is 1100. The molecule has 5 rings (SSSR count). The van der Waals surface area contributed by atoms with Crippen LogP contribution in [-0.4, -0.2) is 9.38 Å². The molecule has 3 aromatic heterocycles. The van der Waals surface area contributed by atoms with E-state index in [2.05, 4.69) is 71.8 Å². The molecule has 106 valence electrons. The third kappa shape index (κ3) is 1.32. The summed E-state index contributed by atoms with van der Waals surface area (Å²) in [5.41, 5.74) is 6.31. The van der Waals surface area contributed by atoms with E-state index in [9.17, 15) is 0 Å². The monoisotopic (exact) mass is 284 g/mol. The lowest BCUT2D eigenvalue weighted by Gasteiger charge is -2.25. The van der Waals surface area contributed by atoms with Gasteiger partial charge in [-0.1, -0.05) is 44.2 Å². The number of benzene rings is 1. The molecule has 0 radical (unpaired) electrons. The molecule has 0 saturated carbocycles. The highest BCUT2D eigenvalue weighted by molar-refractivity contribution is 6.03. The number of fused-ring (bicyclic) bond motifs is 5. The first-order valence-electron chi connectivity index (χ1n) is 7.67. The number of hydrogen-bond acceptors (Lipinski definition) is 1. The molecule has 1 aromatic carbocycles. The van der Waals surface area contributed by atoms with Crippen molar-refractivity contribution in [3.63, 3.8) is 0 Å². The van der Waals surface area contributed by atoms with Crippen LogP contribution in [0.5, 0.6) is 0 Å². The molecular formula is C20H16N2. The summed E-state index contributed by atoms with van der Waals surface area (Å²) in [6, 6.07) is 15.1. The first kappa shape index (κ1) is 12.0. The van der Waals surface area contributed by atoms with Gasteiger partial charge in [0.25, 0.3) is 0 Å². The second-order valence-corrected chi connectivity index (χ2v) is 6.65. The van der Waals surface area contributed by atoms with Crippen LogP contribution in [0, 0.1) is 0 Å². The van der Waals surface area contributed by atoms with Gasteiger partial charge in [-0.25, -0.2) is 4.98 Å². The van der Waals surface area contributed by atoms with Gasteiger partial charge < -0.3 is 0 Å².